The molecule has 1 aromatic carbocycles. The van der Waals surface area contributed by atoms with Crippen molar-refractivity contribution >= 4 is 10.9 Å². The molecule has 0 amide bonds. The Balaban J connectivity index is 2.30. The van der Waals surface area contributed by atoms with E-state index in [4.69, 9.17) is 5.73 Å². The lowest BCUT2D eigenvalue weighted by atomic mass is 9.96. The minimum absolute atomic E-state index is 0.143. The molecule has 0 aliphatic rings. The summed E-state index contributed by atoms with van der Waals surface area (Å²) >= 11 is 0. The van der Waals surface area contributed by atoms with E-state index < -0.39 is 18.3 Å². The minimum atomic E-state index is -2.77. The van der Waals surface area contributed by atoms with E-state index in [9.17, 15) is 18.4 Å². The van der Waals surface area contributed by atoms with Gasteiger partial charge < -0.3 is 10.3 Å². The molecule has 0 bridgehead atoms. The van der Waals surface area contributed by atoms with E-state index in [1.54, 1.807) is 24.4 Å². The number of nitrogens with two attached hydrogens (primary N) is 1. The molecule has 2 aromatic heterocycles. The number of aromatic nitrogens is 2. The Morgan fingerprint density at radius 2 is 2.00 bits per heavy atom. The Kier molecular flexibility index (Phi) is 5.18. The number of alkyl halides is 2. The van der Waals surface area contributed by atoms with Crippen molar-refractivity contribution < 1.29 is 13.2 Å². The molecule has 1 atom stereocenters. The summed E-state index contributed by atoms with van der Waals surface area (Å²) < 4.78 is 43.3. The van der Waals surface area contributed by atoms with Crippen molar-refractivity contribution in [2.24, 2.45) is 11.1 Å². The average Bonchev–Trinajstić information content (AvgIpc) is 2.95. The first-order valence-electron chi connectivity index (χ1n) is 8.84. The maximum atomic E-state index is 14.9. The summed E-state index contributed by atoms with van der Waals surface area (Å²) in [6.07, 6.45) is 0.281. The minimum Gasteiger partial charge on any atom is -0.347 e. The molecule has 0 saturated heterocycles. The quantitative estimate of drug-likeness (QED) is 0.684. The van der Waals surface area contributed by atoms with Gasteiger partial charge in [0, 0.05) is 41.0 Å². The number of nitriles is 1. The fraction of sp³-hybridized carbons (Fsp3) is 0.333. The summed E-state index contributed by atoms with van der Waals surface area (Å²) in [6, 6.07) is 6.40. The first kappa shape index (κ1) is 19.9. The molecular weight excluding hydrogens is 365 g/mol. The van der Waals surface area contributed by atoms with Gasteiger partial charge in [0.2, 0.25) is 0 Å². The molecule has 0 fully saturated rings. The molecule has 146 valence electrons. The van der Waals surface area contributed by atoms with Crippen LogP contribution >= 0.6 is 0 Å². The van der Waals surface area contributed by atoms with Crippen LogP contribution in [0.15, 0.2) is 36.7 Å². The van der Waals surface area contributed by atoms with Gasteiger partial charge in [-0.15, -0.1) is 0 Å². The highest BCUT2D eigenvalue weighted by atomic mass is 19.3. The van der Waals surface area contributed by atoms with E-state index in [-0.39, 0.29) is 27.8 Å². The summed E-state index contributed by atoms with van der Waals surface area (Å²) in [4.78, 5) is 4.15. The van der Waals surface area contributed by atoms with Crippen molar-refractivity contribution in [1.82, 2.24) is 9.55 Å². The van der Waals surface area contributed by atoms with Gasteiger partial charge in [-0.2, -0.15) is 5.26 Å². The third-order valence-corrected chi connectivity index (χ3v) is 4.46. The van der Waals surface area contributed by atoms with Crippen LogP contribution in [-0.2, 0) is 6.54 Å². The van der Waals surface area contributed by atoms with Crippen molar-refractivity contribution in [2.45, 2.75) is 39.8 Å². The van der Waals surface area contributed by atoms with E-state index in [1.807, 2.05) is 31.4 Å². The van der Waals surface area contributed by atoms with Crippen LogP contribution in [0.3, 0.4) is 0 Å². The van der Waals surface area contributed by atoms with E-state index in [0.29, 0.717) is 17.4 Å². The van der Waals surface area contributed by atoms with Crippen molar-refractivity contribution in [3.8, 4) is 17.3 Å². The van der Waals surface area contributed by atoms with Gasteiger partial charge >= 0.3 is 0 Å². The van der Waals surface area contributed by atoms with Gasteiger partial charge in [-0.05, 0) is 29.7 Å². The van der Waals surface area contributed by atoms with Gasteiger partial charge in [-0.25, -0.2) is 13.2 Å². The predicted octanol–water partition coefficient (Wildman–Crippen LogP) is 5.03. The molecule has 4 nitrogen and oxygen atoms in total. The zero-order chi connectivity index (χ0) is 20.6. The highest BCUT2D eigenvalue weighted by molar-refractivity contribution is 5.89. The summed E-state index contributed by atoms with van der Waals surface area (Å²) in [5.74, 6) is -0.640. The number of hydrogen-bond acceptors (Lipinski definition) is 3. The highest BCUT2D eigenvalue weighted by Gasteiger charge is 2.25. The standard InChI is InChI=1S/C21H21F3N4/c1-21(2,3)11-28-10-15(18(26)20(23)24)13-7-16(22)14(8-17(13)28)19-12(9-25)5-4-6-27-19/h4-8,10,18,20H,11,26H2,1-3H3/t18-/m0/s1. The zero-order valence-electron chi connectivity index (χ0n) is 15.9. The number of hydrogen-bond donors (Lipinski definition) is 1. The maximum Gasteiger partial charge on any atom is 0.257 e. The maximum absolute atomic E-state index is 14.9. The third-order valence-electron chi connectivity index (χ3n) is 4.46. The Labute approximate surface area is 161 Å². The van der Waals surface area contributed by atoms with Crippen molar-refractivity contribution in [3.63, 3.8) is 0 Å². The van der Waals surface area contributed by atoms with E-state index in [2.05, 4.69) is 4.98 Å². The largest absolute Gasteiger partial charge is 0.347 e. The first-order valence-corrected chi connectivity index (χ1v) is 8.84. The number of rotatable bonds is 4. The lowest BCUT2D eigenvalue weighted by molar-refractivity contribution is 0.117. The van der Waals surface area contributed by atoms with Crippen LogP contribution in [-0.4, -0.2) is 16.0 Å². The Bertz CT molecular complexity index is 1060. The van der Waals surface area contributed by atoms with Crippen molar-refractivity contribution in [1.29, 1.82) is 5.26 Å². The molecule has 0 aliphatic heterocycles. The van der Waals surface area contributed by atoms with Crippen LogP contribution in [0.25, 0.3) is 22.2 Å². The topological polar surface area (TPSA) is 67.6 Å². The van der Waals surface area contributed by atoms with Gasteiger partial charge in [0.15, 0.2) is 0 Å². The molecule has 28 heavy (non-hydrogen) atoms. The molecule has 0 saturated carbocycles. The molecule has 3 rings (SSSR count). The SMILES string of the molecule is CC(C)(C)Cn1cc([C@H](N)C(F)F)c2cc(F)c(-c3ncccc3C#N)cc21. The molecule has 0 unspecified atom stereocenters. The Morgan fingerprint density at radius 3 is 2.61 bits per heavy atom. The Hall–Kier alpha value is -2.85. The molecule has 0 radical (unpaired) electrons. The zero-order valence-corrected chi connectivity index (χ0v) is 15.9. The number of halogens is 3. The molecule has 0 spiro atoms. The number of pyridine rings is 1. The van der Waals surface area contributed by atoms with Crippen LogP contribution in [0.4, 0.5) is 13.2 Å². The predicted molar refractivity (Wildman–Crippen MR) is 102 cm³/mol. The molecular formula is C21H21F3N4. The second-order valence-electron chi connectivity index (χ2n) is 7.99. The summed E-state index contributed by atoms with van der Waals surface area (Å²) in [5, 5.41) is 9.65. The smallest absolute Gasteiger partial charge is 0.257 e. The van der Waals surface area contributed by atoms with Crippen LogP contribution in [0, 0.1) is 22.6 Å². The van der Waals surface area contributed by atoms with E-state index in [1.165, 1.54) is 12.3 Å². The summed E-state index contributed by atoms with van der Waals surface area (Å²) in [6.45, 7) is 6.57. The first-order chi connectivity index (χ1) is 13.1. The number of fused-ring (bicyclic) bond motifs is 1. The van der Waals surface area contributed by atoms with Crippen LogP contribution in [0.5, 0.6) is 0 Å². The Morgan fingerprint density at radius 1 is 1.29 bits per heavy atom. The van der Waals surface area contributed by atoms with Crippen LogP contribution in [0.2, 0.25) is 0 Å². The molecule has 0 aliphatic carbocycles. The second-order valence-corrected chi connectivity index (χ2v) is 7.99. The summed E-state index contributed by atoms with van der Waals surface area (Å²) in [5.41, 5.74) is 6.91. The van der Waals surface area contributed by atoms with Gasteiger partial charge in [0.25, 0.3) is 6.43 Å². The van der Waals surface area contributed by atoms with Gasteiger partial charge in [0.1, 0.15) is 11.9 Å². The normalized spacial score (nSPS) is 13.1. The summed E-state index contributed by atoms with van der Waals surface area (Å²) in [7, 11) is 0. The highest BCUT2D eigenvalue weighted by Crippen LogP contribution is 2.35. The average molecular weight is 386 g/mol. The molecule has 7 heteroatoms. The lowest BCUT2D eigenvalue weighted by Crippen LogP contribution is -2.19. The lowest BCUT2D eigenvalue weighted by Gasteiger charge is -2.20. The van der Waals surface area contributed by atoms with Gasteiger partial charge in [0.05, 0.1) is 17.3 Å². The van der Waals surface area contributed by atoms with Crippen LogP contribution in [0.1, 0.15) is 37.9 Å². The molecule has 2 N–H and O–H groups in total. The monoisotopic (exact) mass is 386 g/mol. The molecule has 2 heterocycles. The molecule has 3 aromatic rings. The fourth-order valence-corrected chi connectivity index (χ4v) is 3.27. The number of benzene rings is 1. The second kappa shape index (κ2) is 7.28. The number of nitrogens with zero attached hydrogens (tertiary/aromatic N) is 3. The third kappa shape index (κ3) is 3.73. The fourth-order valence-electron chi connectivity index (χ4n) is 3.27. The van der Waals surface area contributed by atoms with Crippen molar-refractivity contribution in [2.75, 3.05) is 0 Å². The van der Waals surface area contributed by atoms with E-state index in [0.717, 1.165) is 0 Å². The van der Waals surface area contributed by atoms with Crippen molar-refractivity contribution in [3.05, 3.63) is 53.6 Å². The van der Waals surface area contributed by atoms with Gasteiger partial charge in [-0.3, -0.25) is 4.98 Å². The van der Waals surface area contributed by atoms with E-state index >= 15 is 0 Å². The van der Waals surface area contributed by atoms with Crippen LogP contribution < -0.4 is 5.73 Å². The van der Waals surface area contributed by atoms with Gasteiger partial charge in [-0.1, -0.05) is 20.8 Å².